The van der Waals surface area contributed by atoms with Crippen LogP contribution < -0.4 is 5.32 Å². The van der Waals surface area contributed by atoms with Gasteiger partial charge in [-0.25, -0.2) is 4.79 Å². The molecule has 0 radical (unpaired) electrons. The van der Waals surface area contributed by atoms with E-state index in [1.165, 1.54) is 7.11 Å². The van der Waals surface area contributed by atoms with Gasteiger partial charge < -0.3 is 10.1 Å². The summed E-state index contributed by atoms with van der Waals surface area (Å²) in [5.74, 6) is -1.24. The van der Waals surface area contributed by atoms with Crippen LogP contribution in [0.2, 0.25) is 0 Å². The number of ketones is 2. The zero-order valence-corrected chi connectivity index (χ0v) is 16.6. The maximum atomic E-state index is 12.7. The summed E-state index contributed by atoms with van der Waals surface area (Å²) in [7, 11) is 1.27. The van der Waals surface area contributed by atoms with E-state index in [0.717, 1.165) is 11.8 Å². The number of hydrogen-bond donors (Lipinski definition) is 1. The molecule has 27 heavy (non-hydrogen) atoms. The Morgan fingerprint density at radius 1 is 1.11 bits per heavy atom. The number of methoxy groups -OCH3 is 1. The first-order valence-corrected chi connectivity index (χ1v) is 9.64. The Morgan fingerprint density at radius 2 is 1.70 bits per heavy atom. The number of fused-ring (bicyclic) bond motifs is 1. The van der Waals surface area contributed by atoms with Gasteiger partial charge in [0, 0.05) is 16.7 Å². The fourth-order valence-corrected chi connectivity index (χ4v) is 3.76. The fraction of sp³-hybridized carbons (Fsp3) is 0.400. The van der Waals surface area contributed by atoms with E-state index < -0.39 is 17.9 Å². The molecule has 1 aromatic carbocycles. The number of carbonyl (C=O) groups excluding carboxylic acids is 4. The van der Waals surface area contributed by atoms with Crippen molar-refractivity contribution in [2.45, 2.75) is 33.2 Å². The third-order valence-corrected chi connectivity index (χ3v) is 5.37. The summed E-state index contributed by atoms with van der Waals surface area (Å²) < 4.78 is 4.73. The second-order valence-corrected chi connectivity index (χ2v) is 7.71. The Morgan fingerprint density at radius 3 is 2.26 bits per heavy atom. The Hall–Kier alpha value is -2.41. The van der Waals surface area contributed by atoms with E-state index in [4.69, 9.17) is 4.74 Å². The minimum absolute atomic E-state index is 0.0700. The van der Waals surface area contributed by atoms with Gasteiger partial charge in [-0.15, -0.1) is 11.8 Å². The van der Waals surface area contributed by atoms with Crippen molar-refractivity contribution in [2.75, 3.05) is 12.9 Å². The number of carbonyl (C=O) groups is 4. The normalized spacial score (nSPS) is 14.9. The van der Waals surface area contributed by atoms with Crippen molar-refractivity contribution in [2.24, 2.45) is 5.92 Å². The standard InChI is InChI=1S/C20H23NO5S/c1-11(2)9-15(20(25)26-4)21-16(22)10-27-19-12(3)17(23)13-7-5-6-8-14(13)18(19)24/h5-8,11,15H,9-10H2,1-4H3,(H,21,22)/t15-/m0/s1. The van der Waals surface area contributed by atoms with Crippen LogP contribution in [0.1, 0.15) is 47.9 Å². The first-order chi connectivity index (χ1) is 12.8. The summed E-state index contributed by atoms with van der Waals surface area (Å²) >= 11 is 1.01. The number of esters is 1. The lowest BCUT2D eigenvalue weighted by Crippen LogP contribution is -2.43. The summed E-state index contributed by atoms with van der Waals surface area (Å²) in [5.41, 5.74) is 1.07. The molecular formula is C20H23NO5S. The Balaban J connectivity index is 2.08. The third-order valence-electron chi connectivity index (χ3n) is 4.18. The second kappa shape index (κ2) is 8.99. The van der Waals surface area contributed by atoms with Crippen LogP contribution in [-0.4, -0.2) is 42.3 Å². The largest absolute Gasteiger partial charge is 0.467 e. The molecular weight excluding hydrogens is 366 g/mol. The van der Waals surface area contributed by atoms with Crippen molar-refractivity contribution in [3.05, 3.63) is 45.9 Å². The van der Waals surface area contributed by atoms with Crippen LogP contribution in [0, 0.1) is 5.92 Å². The van der Waals surface area contributed by atoms with Gasteiger partial charge in [0.1, 0.15) is 6.04 Å². The predicted octanol–water partition coefficient (Wildman–Crippen LogP) is 2.78. The van der Waals surface area contributed by atoms with Crippen molar-refractivity contribution in [1.29, 1.82) is 0 Å². The van der Waals surface area contributed by atoms with Gasteiger partial charge in [-0.2, -0.15) is 0 Å². The van der Waals surface area contributed by atoms with Crippen LogP contribution in [0.15, 0.2) is 34.7 Å². The summed E-state index contributed by atoms with van der Waals surface area (Å²) in [5, 5.41) is 2.65. The van der Waals surface area contributed by atoms with E-state index in [0.29, 0.717) is 23.1 Å². The van der Waals surface area contributed by atoms with E-state index in [1.54, 1.807) is 31.2 Å². The van der Waals surface area contributed by atoms with Crippen molar-refractivity contribution < 1.29 is 23.9 Å². The van der Waals surface area contributed by atoms with E-state index >= 15 is 0 Å². The Kier molecular flexibility index (Phi) is 6.96. The molecule has 0 heterocycles. The van der Waals surface area contributed by atoms with E-state index in [-0.39, 0.29) is 28.1 Å². The molecule has 2 rings (SSSR count). The van der Waals surface area contributed by atoms with Crippen LogP contribution in [0.3, 0.4) is 0 Å². The molecule has 0 spiro atoms. The highest BCUT2D eigenvalue weighted by Crippen LogP contribution is 2.32. The van der Waals surface area contributed by atoms with Crippen molar-refractivity contribution in [3.63, 3.8) is 0 Å². The topological polar surface area (TPSA) is 89.5 Å². The first-order valence-electron chi connectivity index (χ1n) is 8.65. The van der Waals surface area contributed by atoms with Gasteiger partial charge in [-0.05, 0) is 19.3 Å². The van der Waals surface area contributed by atoms with Gasteiger partial charge in [0.2, 0.25) is 11.7 Å². The Bertz CT molecular complexity index is 812. The van der Waals surface area contributed by atoms with E-state index in [2.05, 4.69) is 5.32 Å². The molecule has 1 N–H and O–H groups in total. The fourth-order valence-electron chi connectivity index (χ4n) is 2.85. The molecule has 0 aromatic heterocycles. The number of Topliss-reactive ketones (excluding diaryl/α,β-unsaturated/α-hetero) is 2. The van der Waals surface area contributed by atoms with Gasteiger partial charge in [-0.1, -0.05) is 38.1 Å². The first kappa shape index (κ1) is 20.9. The van der Waals surface area contributed by atoms with Crippen LogP contribution in [0.4, 0.5) is 0 Å². The molecule has 7 heteroatoms. The number of thioether (sulfide) groups is 1. The molecule has 1 aromatic rings. The molecule has 1 aliphatic carbocycles. The average Bonchev–Trinajstić information content (AvgIpc) is 2.64. The lowest BCUT2D eigenvalue weighted by atomic mass is 9.90. The van der Waals surface area contributed by atoms with Gasteiger partial charge in [0.15, 0.2) is 5.78 Å². The van der Waals surface area contributed by atoms with Crippen LogP contribution in [0.25, 0.3) is 0 Å². The highest BCUT2D eigenvalue weighted by molar-refractivity contribution is 8.04. The smallest absolute Gasteiger partial charge is 0.328 e. The molecule has 6 nitrogen and oxygen atoms in total. The van der Waals surface area contributed by atoms with Gasteiger partial charge in [0.05, 0.1) is 17.8 Å². The van der Waals surface area contributed by atoms with Crippen LogP contribution >= 0.6 is 11.8 Å². The molecule has 0 bridgehead atoms. The Labute approximate surface area is 162 Å². The highest BCUT2D eigenvalue weighted by Gasteiger charge is 2.30. The second-order valence-electron chi connectivity index (χ2n) is 6.72. The average molecular weight is 389 g/mol. The van der Waals surface area contributed by atoms with Crippen LogP contribution in [0.5, 0.6) is 0 Å². The van der Waals surface area contributed by atoms with E-state index in [1.807, 2.05) is 13.8 Å². The zero-order valence-electron chi connectivity index (χ0n) is 15.8. The summed E-state index contributed by atoms with van der Waals surface area (Å²) in [6, 6.07) is 5.91. The monoisotopic (exact) mass is 389 g/mol. The van der Waals surface area contributed by atoms with Gasteiger partial charge >= 0.3 is 5.97 Å². The number of nitrogens with one attached hydrogen (secondary N) is 1. The summed E-state index contributed by atoms with van der Waals surface area (Å²) in [6.07, 6.45) is 0.454. The van der Waals surface area contributed by atoms with Crippen molar-refractivity contribution >= 4 is 35.2 Å². The van der Waals surface area contributed by atoms with Gasteiger partial charge in [-0.3, -0.25) is 14.4 Å². The third kappa shape index (κ3) is 4.86. The van der Waals surface area contributed by atoms with Gasteiger partial charge in [0.25, 0.3) is 0 Å². The highest BCUT2D eigenvalue weighted by atomic mass is 32.2. The van der Waals surface area contributed by atoms with Crippen LogP contribution in [-0.2, 0) is 14.3 Å². The van der Waals surface area contributed by atoms with Crippen molar-refractivity contribution in [3.8, 4) is 0 Å². The minimum atomic E-state index is -0.734. The number of ether oxygens (including phenoxy) is 1. The molecule has 0 fully saturated rings. The number of allylic oxidation sites excluding steroid dienone is 2. The molecule has 1 amide bonds. The molecule has 1 aliphatic rings. The quantitative estimate of drug-likeness (QED) is 0.721. The molecule has 0 saturated carbocycles. The minimum Gasteiger partial charge on any atom is -0.467 e. The van der Waals surface area contributed by atoms with E-state index in [9.17, 15) is 19.2 Å². The molecule has 0 unspecified atom stereocenters. The molecule has 0 aliphatic heterocycles. The number of amides is 1. The summed E-state index contributed by atoms with van der Waals surface area (Å²) in [6.45, 7) is 5.47. The maximum Gasteiger partial charge on any atom is 0.328 e. The zero-order chi connectivity index (χ0) is 20.1. The number of benzene rings is 1. The molecule has 1 atom stereocenters. The SMILES string of the molecule is COC(=O)[C@H](CC(C)C)NC(=O)CSC1=C(C)C(=O)c2ccccc2C1=O. The maximum absolute atomic E-state index is 12.7. The van der Waals surface area contributed by atoms with Crippen molar-refractivity contribution in [1.82, 2.24) is 5.32 Å². The lowest BCUT2D eigenvalue weighted by molar-refractivity contribution is -0.145. The lowest BCUT2D eigenvalue weighted by Gasteiger charge is -2.20. The summed E-state index contributed by atoms with van der Waals surface area (Å²) in [4.78, 5) is 49.5. The predicted molar refractivity (Wildman–Crippen MR) is 104 cm³/mol. The molecule has 0 saturated heterocycles. The number of rotatable bonds is 7. The number of hydrogen-bond acceptors (Lipinski definition) is 6. The molecule has 144 valence electrons.